The number of benzene rings is 1. The SMILES string of the molecule is Cl.O=C(CN1CCN(C2CCNC2)CC1)NCc1ccc(F)cc1. The smallest absolute Gasteiger partial charge is 0.234 e. The van der Waals surface area contributed by atoms with Gasteiger partial charge in [0.15, 0.2) is 0 Å². The Balaban J connectivity index is 0.00000208. The molecule has 1 aromatic carbocycles. The quantitative estimate of drug-likeness (QED) is 0.821. The zero-order valence-corrected chi connectivity index (χ0v) is 14.7. The maximum Gasteiger partial charge on any atom is 0.234 e. The summed E-state index contributed by atoms with van der Waals surface area (Å²) in [5.74, 6) is -0.222. The third-order valence-electron chi connectivity index (χ3n) is 4.73. The van der Waals surface area contributed by atoms with Gasteiger partial charge < -0.3 is 10.6 Å². The molecule has 1 unspecified atom stereocenters. The van der Waals surface area contributed by atoms with E-state index in [1.807, 2.05) is 0 Å². The van der Waals surface area contributed by atoms with E-state index in [4.69, 9.17) is 0 Å². The molecule has 0 aliphatic carbocycles. The van der Waals surface area contributed by atoms with Gasteiger partial charge in [-0.05, 0) is 30.7 Å². The minimum atomic E-state index is -0.254. The average molecular weight is 357 g/mol. The molecule has 2 heterocycles. The van der Waals surface area contributed by atoms with Crippen molar-refractivity contribution in [2.45, 2.75) is 19.0 Å². The monoisotopic (exact) mass is 356 g/mol. The lowest BCUT2D eigenvalue weighted by Gasteiger charge is -2.37. The second kappa shape index (κ2) is 9.32. The molecule has 2 saturated heterocycles. The van der Waals surface area contributed by atoms with Crippen molar-refractivity contribution in [1.82, 2.24) is 20.4 Å². The third-order valence-corrected chi connectivity index (χ3v) is 4.73. The van der Waals surface area contributed by atoms with E-state index in [0.29, 0.717) is 19.1 Å². The Kier molecular flexibility index (Phi) is 7.42. The van der Waals surface area contributed by atoms with Crippen molar-refractivity contribution >= 4 is 18.3 Å². The maximum absolute atomic E-state index is 12.8. The zero-order valence-electron chi connectivity index (χ0n) is 13.8. The van der Waals surface area contributed by atoms with Crippen molar-refractivity contribution in [1.29, 1.82) is 0 Å². The molecular formula is C17H26ClFN4O. The van der Waals surface area contributed by atoms with Gasteiger partial charge in [-0.2, -0.15) is 0 Å². The topological polar surface area (TPSA) is 47.6 Å². The summed E-state index contributed by atoms with van der Waals surface area (Å²) in [6, 6.07) is 6.90. The molecule has 2 aliphatic rings. The first-order valence-corrected chi connectivity index (χ1v) is 8.39. The molecule has 0 aromatic heterocycles. The van der Waals surface area contributed by atoms with Crippen LogP contribution in [0.4, 0.5) is 4.39 Å². The fourth-order valence-electron chi connectivity index (χ4n) is 3.30. The van der Waals surface area contributed by atoms with Crippen molar-refractivity contribution in [2.75, 3.05) is 45.8 Å². The Morgan fingerprint density at radius 3 is 2.54 bits per heavy atom. The molecule has 1 amide bonds. The molecule has 0 bridgehead atoms. The zero-order chi connectivity index (χ0) is 16.1. The van der Waals surface area contributed by atoms with Gasteiger partial charge in [0.2, 0.25) is 5.91 Å². The normalized spacial score (nSPS) is 22.1. The molecule has 134 valence electrons. The highest BCUT2D eigenvalue weighted by Crippen LogP contribution is 2.11. The van der Waals surface area contributed by atoms with Crippen molar-refractivity contribution in [2.24, 2.45) is 0 Å². The van der Waals surface area contributed by atoms with Crippen LogP contribution in [0.25, 0.3) is 0 Å². The molecule has 0 radical (unpaired) electrons. The van der Waals surface area contributed by atoms with Crippen LogP contribution < -0.4 is 10.6 Å². The highest BCUT2D eigenvalue weighted by molar-refractivity contribution is 5.85. The maximum atomic E-state index is 12.8. The fraction of sp³-hybridized carbons (Fsp3) is 0.588. The number of carbonyl (C=O) groups excluding carboxylic acids is 1. The lowest BCUT2D eigenvalue weighted by atomic mass is 10.2. The lowest BCUT2D eigenvalue weighted by Crippen LogP contribution is -2.52. The number of hydrogen-bond donors (Lipinski definition) is 2. The largest absolute Gasteiger partial charge is 0.351 e. The van der Waals surface area contributed by atoms with Gasteiger partial charge >= 0.3 is 0 Å². The van der Waals surface area contributed by atoms with E-state index < -0.39 is 0 Å². The van der Waals surface area contributed by atoms with Gasteiger partial charge in [0.25, 0.3) is 0 Å². The standard InChI is InChI=1S/C17H25FN4O.ClH/c18-15-3-1-14(2-4-15)11-20-17(23)13-21-7-9-22(10-8-21)16-5-6-19-12-16;/h1-4,16,19H,5-13H2,(H,20,23);1H. The first kappa shape index (κ1) is 19.1. The molecule has 5 nitrogen and oxygen atoms in total. The predicted octanol–water partition coefficient (Wildman–Crippen LogP) is 0.843. The van der Waals surface area contributed by atoms with Crippen LogP contribution in [0.1, 0.15) is 12.0 Å². The van der Waals surface area contributed by atoms with Gasteiger partial charge in [-0.25, -0.2) is 4.39 Å². The van der Waals surface area contributed by atoms with Crippen LogP contribution in [0.5, 0.6) is 0 Å². The van der Waals surface area contributed by atoms with Crippen LogP contribution in [-0.2, 0) is 11.3 Å². The highest BCUT2D eigenvalue weighted by atomic mass is 35.5. The van der Waals surface area contributed by atoms with Crippen LogP contribution in [0, 0.1) is 5.82 Å². The number of nitrogens with one attached hydrogen (secondary N) is 2. The summed E-state index contributed by atoms with van der Waals surface area (Å²) in [5.41, 5.74) is 0.915. The molecule has 0 saturated carbocycles. The Labute approximate surface area is 149 Å². The number of piperazine rings is 1. The van der Waals surface area contributed by atoms with Crippen LogP contribution >= 0.6 is 12.4 Å². The van der Waals surface area contributed by atoms with Gasteiger partial charge in [0.1, 0.15) is 5.82 Å². The predicted molar refractivity (Wildman–Crippen MR) is 94.8 cm³/mol. The number of rotatable bonds is 5. The summed E-state index contributed by atoms with van der Waals surface area (Å²) in [5, 5.41) is 6.31. The number of halogens is 2. The van der Waals surface area contributed by atoms with E-state index >= 15 is 0 Å². The second-order valence-corrected chi connectivity index (χ2v) is 6.36. The van der Waals surface area contributed by atoms with Crippen LogP contribution in [0.2, 0.25) is 0 Å². The van der Waals surface area contributed by atoms with E-state index in [0.717, 1.165) is 44.8 Å². The highest BCUT2D eigenvalue weighted by Gasteiger charge is 2.26. The lowest BCUT2D eigenvalue weighted by molar-refractivity contribution is -0.122. The summed E-state index contributed by atoms with van der Waals surface area (Å²) in [7, 11) is 0. The van der Waals surface area contributed by atoms with Gasteiger partial charge in [0.05, 0.1) is 6.54 Å². The van der Waals surface area contributed by atoms with Gasteiger partial charge in [-0.1, -0.05) is 12.1 Å². The Morgan fingerprint density at radius 2 is 1.92 bits per heavy atom. The van der Waals surface area contributed by atoms with Crippen LogP contribution in [-0.4, -0.2) is 67.6 Å². The van der Waals surface area contributed by atoms with Crippen molar-refractivity contribution in [3.63, 3.8) is 0 Å². The average Bonchev–Trinajstić information content (AvgIpc) is 3.09. The summed E-state index contributed by atoms with van der Waals surface area (Å²) in [4.78, 5) is 16.8. The number of nitrogens with zero attached hydrogens (tertiary/aromatic N) is 2. The molecule has 1 aromatic rings. The van der Waals surface area contributed by atoms with Crippen molar-refractivity contribution < 1.29 is 9.18 Å². The van der Waals surface area contributed by atoms with Crippen molar-refractivity contribution in [3.05, 3.63) is 35.6 Å². The van der Waals surface area contributed by atoms with E-state index in [-0.39, 0.29) is 24.1 Å². The first-order chi connectivity index (χ1) is 11.2. The molecule has 2 fully saturated rings. The molecule has 2 N–H and O–H groups in total. The molecule has 3 rings (SSSR count). The molecule has 0 spiro atoms. The van der Waals surface area contributed by atoms with E-state index in [9.17, 15) is 9.18 Å². The summed E-state index contributed by atoms with van der Waals surface area (Å²) >= 11 is 0. The van der Waals surface area contributed by atoms with Crippen molar-refractivity contribution in [3.8, 4) is 0 Å². The molecular weight excluding hydrogens is 331 g/mol. The fourth-order valence-corrected chi connectivity index (χ4v) is 3.30. The van der Waals surface area contributed by atoms with E-state index in [1.165, 1.54) is 18.6 Å². The van der Waals surface area contributed by atoms with E-state index in [2.05, 4.69) is 20.4 Å². The Bertz CT molecular complexity index is 514. The van der Waals surface area contributed by atoms with Crippen LogP contribution in [0.15, 0.2) is 24.3 Å². The second-order valence-electron chi connectivity index (χ2n) is 6.36. The van der Waals surface area contributed by atoms with Crippen LogP contribution in [0.3, 0.4) is 0 Å². The van der Waals surface area contributed by atoms with Gasteiger partial charge in [0, 0.05) is 45.3 Å². The van der Waals surface area contributed by atoms with E-state index in [1.54, 1.807) is 12.1 Å². The summed E-state index contributed by atoms with van der Waals surface area (Å²) < 4.78 is 12.8. The minimum Gasteiger partial charge on any atom is -0.351 e. The summed E-state index contributed by atoms with van der Waals surface area (Å²) in [6.07, 6.45) is 1.23. The molecule has 24 heavy (non-hydrogen) atoms. The first-order valence-electron chi connectivity index (χ1n) is 8.39. The Hall–Kier alpha value is -1.21. The number of carbonyl (C=O) groups is 1. The van der Waals surface area contributed by atoms with Gasteiger partial charge in [-0.15, -0.1) is 12.4 Å². The number of amides is 1. The summed E-state index contributed by atoms with van der Waals surface area (Å²) in [6.45, 7) is 7.08. The molecule has 2 aliphatic heterocycles. The third kappa shape index (κ3) is 5.41. The van der Waals surface area contributed by atoms with Gasteiger partial charge in [-0.3, -0.25) is 14.6 Å². The molecule has 7 heteroatoms. The Morgan fingerprint density at radius 1 is 1.21 bits per heavy atom. The molecule has 1 atom stereocenters. The number of hydrogen-bond acceptors (Lipinski definition) is 4. The minimum absolute atomic E-state index is 0.